The number of halogens is 4. The number of benzene rings is 2. The summed E-state index contributed by atoms with van der Waals surface area (Å²) in [7, 11) is -3.73. The summed E-state index contributed by atoms with van der Waals surface area (Å²) in [5.41, 5.74) is -1.39. The van der Waals surface area contributed by atoms with Crippen molar-refractivity contribution in [1.29, 1.82) is 0 Å². The van der Waals surface area contributed by atoms with Gasteiger partial charge in [0.05, 0.1) is 10.5 Å². The maximum atomic E-state index is 13.1. The van der Waals surface area contributed by atoms with Crippen molar-refractivity contribution < 1.29 is 30.8 Å². The quantitative estimate of drug-likeness (QED) is 0.706. The first kappa shape index (κ1) is 21.8. The maximum absolute atomic E-state index is 13.1. The Hall–Kier alpha value is -2.46. The second-order valence-corrected chi connectivity index (χ2v) is 8.00. The molecule has 2 N–H and O–H groups in total. The fourth-order valence-corrected chi connectivity index (χ4v) is 3.66. The molecule has 0 spiro atoms. The van der Waals surface area contributed by atoms with Crippen LogP contribution in [0.1, 0.15) is 35.3 Å². The minimum absolute atomic E-state index is 0.0457. The van der Waals surface area contributed by atoms with Gasteiger partial charge in [0.25, 0.3) is 5.91 Å². The van der Waals surface area contributed by atoms with Gasteiger partial charge in [-0.3, -0.25) is 4.79 Å². The van der Waals surface area contributed by atoms with Crippen molar-refractivity contribution in [2.24, 2.45) is 0 Å². The number of hydrogen-bond acceptors (Lipinski definition) is 3. The van der Waals surface area contributed by atoms with Gasteiger partial charge in [0, 0.05) is 18.2 Å². The highest BCUT2D eigenvalue weighted by atomic mass is 32.2. The van der Waals surface area contributed by atoms with E-state index in [1.807, 2.05) is 0 Å². The lowest BCUT2D eigenvalue weighted by Gasteiger charge is -2.14. The number of amides is 1. The Balaban J connectivity index is 2.13. The van der Waals surface area contributed by atoms with Crippen molar-refractivity contribution in [3.63, 3.8) is 0 Å². The third-order valence-electron chi connectivity index (χ3n) is 3.63. The largest absolute Gasteiger partial charge is 0.416 e. The highest BCUT2D eigenvalue weighted by Gasteiger charge is 2.33. The molecule has 0 radical (unpaired) electrons. The van der Waals surface area contributed by atoms with Crippen LogP contribution in [0.4, 0.5) is 17.6 Å². The summed E-state index contributed by atoms with van der Waals surface area (Å²) in [6.07, 6.45) is -4.76. The lowest BCUT2D eigenvalue weighted by molar-refractivity contribution is -0.138. The van der Waals surface area contributed by atoms with Crippen LogP contribution in [0.2, 0.25) is 0 Å². The average molecular weight is 418 g/mol. The first-order valence-electron chi connectivity index (χ1n) is 8.16. The fourth-order valence-electron chi connectivity index (χ4n) is 2.41. The average Bonchev–Trinajstić information content (AvgIpc) is 2.58. The van der Waals surface area contributed by atoms with Gasteiger partial charge in [0.1, 0.15) is 5.82 Å². The lowest BCUT2D eigenvalue weighted by Crippen LogP contribution is -2.30. The third kappa shape index (κ3) is 5.52. The Morgan fingerprint density at radius 3 is 2.21 bits per heavy atom. The highest BCUT2D eigenvalue weighted by Crippen LogP contribution is 2.32. The molecule has 0 bridgehead atoms. The van der Waals surface area contributed by atoms with Crippen molar-refractivity contribution in [3.05, 3.63) is 65.0 Å². The van der Waals surface area contributed by atoms with Crippen LogP contribution in [0.15, 0.2) is 47.4 Å². The van der Waals surface area contributed by atoms with Gasteiger partial charge < -0.3 is 5.32 Å². The Bertz CT molecular complexity index is 956. The van der Waals surface area contributed by atoms with Gasteiger partial charge in [0.2, 0.25) is 10.0 Å². The molecule has 0 heterocycles. The zero-order chi connectivity index (χ0) is 21.1. The van der Waals surface area contributed by atoms with Crippen LogP contribution in [0.25, 0.3) is 0 Å². The zero-order valence-corrected chi connectivity index (χ0v) is 15.8. The van der Waals surface area contributed by atoms with Crippen molar-refractivity contribution in [1.82, 2.24) is 10.0 Å². The van der Waals surface area contributed by atoms with Gasteiger partial charge >= 0.3 is 6.18 Å². The Labute approximate surface area is 159 Å². The maximum Gasteiger partial charge on any atom is 0.416 e. The number of nitrogens with one attached hydrogen (secondary N) is 2. The van der Waals surface area contributed by atoms with Gasteiger partial charge in [-0.25, -0.2) is 17.5 Å². The Morgan fingerprint density at radius 1 is 1.07 bits per heavy atom. The predicted octanol–water partition coefficient (Wildman–Crippen LogP) is 3.46. The summed E-state index contributed by atoms with van der Waals surface area (Å²) >= 11 is 0. The van der Waals surface area contributed by atoms with E-state index in [0.717, 1.165) is 12.1 Å². The summed E-state index contributed by atoms with van der Waals surface area (Å²) in [5, 5.41) is 2.31. The number of carbonyl (C=O) groups excluding carboxylic acids is 1. The molecule has 0 unspecified atom stereocenters. The van der Waals surface area contributed by atoms with E-state index in [-0.39, 0.29) is 22.1 Å². The summed E-state index contributed by atoms with van der Waals surface area (Å²) in [5.74, 6) is -1.73. The number of hydrogen-bond donors (Lipinski definition) is 2. The smallest absolute Gasteiger partial charge is 0.348 e. The second-order valence-electron chi connectivity index (χ2n) is 6.28. The normalized spacial score (nSPS) is 12.2. The Morgan fingerprint density at radius 2 is 1.68 bits per heavy atom. The number of sulfonamides is 1. The van der Waals surface area contributed by atoms with Gasteiger partial charge in [-0.15, -0.1) is 0 Å². The fraction of sp³-hybridized carbons (Fsp3) is 0.278. The molecule has 0 saturated heterocycles. The van der Waals surface area contributed by atoms with Crippen molar-refractivity contribution >= 4 is 15.9 Å². The standard InChI is InChI=1S/C18H18F4N2O3S/c1-11(2)24-28(26,27)15-7-4-12(5-8-15)17(25)23-10-13-3-6-14(19)9-16(13)18(20,21)22/h3-9,11,24H,10H2,1-2H3,(H,23,25). The van der Waals surface area contributed by atoms with Crippen molar-refractivity contribution in [2.75, 3.05) is 0 Å². The van der Waals surface area contributed by atoms with Crippen LogP contribution >= 0.6 is 0 Å². The first-order chi connectivity index (χ1) is 12.9. The second kappa shape index (κ2) is 8.27. The number of carbonyl (C=O) groups is 1. The monoisotopic (exact) mass is 418 g/mol. The van der Waals surface area contributed by atoms with Crippen LogP contribution in [0, 0.1) is 5.82 Å². The van der Waals surface area contributed by atoms with Crippen molar-refractivity contribution in [2.45, 2.75) is 37.5 Å². The number of alkyl halides is 3. The van der Waals surface area contributed by atoms with Crippen LogP contribution in [0.5, 0.6) is 0 Å². The summed E-state index contributed by atoms with van der Waals surface area (Å²) in [6.45, 7) is 2.84. The van der Waals surface area contributed by atoms with E-state index in [0.29, 0.717) is 6.07 Å². The van der Waals surface area contributed by atoms with E-state index in [1.165, 1.54) is 24.3 Å². The molecular weight excluding hydrogens is 400 g/mol. The molecule has 10 heteroatoms. The van der Waals surface area contributed by atoms with E-state index in [4.69, 9.17) is 0 Å². The molecule has 0 fully saturated rings. The number of rotatable bonds is 6. The van der Waals surface area contributed by atoms with Crippen LogP contribution in [0.3, 0.4) is 0 Å². The molecule has 0 aromatic heterocycles. The van der Waals surface area contributed by atoms with Gasteiger partial charge in [-0.05, 0) is 55.8 Å². The van der Waals surface area contributed by atoms with E-state index in [9.17, 15) is 30.8 Å². The molecule has 0 atom stereocenters. The summed E-state index contributed by atoms with van der Waals surface area (Å²) < 4.78 is 78.5. The molecule has 28 heavy (non-hydrogen) atoms. The SMILES string of the molecule is CC(C)NS(=O)(=O)c1ccc(C(=O)NCc2ccc(F)cc2C(F)(F)F)cc1. The topological polar surface area (TPSA) is 75.3 Å². The predicted molar refractivity (Wildman–Crippen MR) is 94.5 cm³/mol. The van der Waals surface area contributed by atoms with E-state index >= 15 is 0 Å². The van der Waals surface area contributed by atoms with Gasteiger partial charge in [-0.2, -0.15) is 13.2 Å². The molecule has 152 valence electrons. The molecule has 2 aromatic rings. The zero-order valence-electron chi connectivity index (χ0n) is 15.0. The van der Waals surface area contributed by atoms with Crippen molar-refractivity contribution in [3.8, 4) is 0 Å². The minimum Gasteiger partial charge on any atom is -0.348 e. The molecule has 2 aromatic carbocycles. The van der Waals surface area contributed by atoms with Gasteiger partial charge in [0.15, 0.2) is 0 Å². The molecule has 0 aliphatic heterocycles. The molecular formula is C18H18F4N2O3S. The highest BCUT2D eigenvalue weighted by molar-refractivity contribution is 7.89. The van der Waals surface area contributed by atoms with E-state index in [2.05, 4.69) is 10.0 Å². The van der Waals surface area contributed by atoms with E-state index in [1.54, 1.807) is 13.8 Å². The molecule has 5 nitrogen and oxygen atoms in total. The van der Waals surface area contributed by atoms with Crippen LogP contribution < -0.4 is 10.0 Å². The first-order valence-corrected chi connectivity index (χ1v) is 9.64. The summed E-state index contributed by atoms with van der Waals surface area (Å²) in [6, 6.07) is 6.81. The summed E-state index contributed by atoms with van der Waals surface area (Å²) in [4.78, 5) is 12.1. The molecule has 0 saturated carbocycles. The van der Waals surface area contributed by atoms with Gasteiger partial charge in [-0.1, -0.05) is 6.07 Å². The van der Waals surface area contributed by atoms with Crippen LogP contribution in [-0.4, -0.2) is 20.4 Å². The molecule has 0 aliphatic rings. The minimum atomic E-state index is -4.76. The van der Waals surface area contributed by atoms with Crippen LogP contribution in [-0.2, 0) is 22.7 Å². The Kier molecular flexibility index (Phi) is 6.45. The van der Waals surface area contributed by atoms with E-state index < -0.39 is 40.0 Å². The molecule has 2 rings (SSSR count). The third-order valence-corrected chi connectivity index (χ3v) is 5.31. The molecule has 1 amide bonds. The lowest BCUT2D eigenvalue weighted by atomic mass is 10.1. The molecule has 0 aliphatic carbocycles.